The zero-order valence-electron chi connectivity index (χ0n) is 15.4. The largest absolute Gasteiger partial charge is 0.393 e. The third-order valence-corrected chi connectivity index (χ3v) is 5.67. The zero-order valence-corrected chi connectivity index (χ0v) is 16.2. The number of pyridine rings is 1. The number of aliphatic hydroxyl groups excluding tert-OH is 1. The molecule has 2 aliphatic rings. The predicted molar refractivity (Wildman–Crippen MR) is 103 cm³/mol. The second kappa shape index (κ2) is 7.34. The summed E-state index contributed by atoms with van der Waals surface area (Å²) in [4.78, 5) is 6.33. The van der Waals surface area contributed by atoms with Gasteiger partial charge in [0.05, 0.1) is 29.1 Å². The lowest BCUT2D eigenvalue weighted by molar-refractivity contribution is 0.0983. The molecule has 2 aromatic heterocycles. The van der Waals surface area contributed by atoms with E-state index in [1.54, 1.807) is 18.5 Å². The molecule has 8 heteroatoms. The summed E-state index contributed by atoms with van der Waals surface area (Å²) < 4.78 is 27.6. The Morgan fingerprint density at radius 3 is 2.64 bits per heavy atom. The molecule has 1 N–H and O–H groups in total. The van der Waals surface area contributed by atoms with E-state index in [2.05, 4.69) is 26.8 Å². The average molecular weight is 407 g/mol. The van der Waals surface area contributed by atoms with E-state index in [0.717, 1.165) is 37.2 Å². The second-order valence-electron chi connectivity index (χ2n) is 7.53. The fraction of sp³-hybridized carbons (Fsp3) is 0.500. The number of anilines is 1. The van der Waals surface area contributed by atoms with Crippen LogP contribution in [0, 0.1) is 17.8 Å². The van der Waals surface area contributed by atoms with Crippen LogP contribution in [0.4, 0.5) is 14.5 Å². The fourth-order valence-electron chi connectivity index (χ4n) is 3.60. The van der Waals surface area contributed by atoms with Crippen molar-refractivity contribution in [1.29, 1.82) is 0 Å². The van der Waals surface area contributed by atoms with Crippen LogP contribution in [0.2, 0.25) is 5.15 Å². The van der Waals surface area contributed by atoms with Crippen molar-refractivity contribution in [3.63, 3.8) is 0 Å². The third-order valence-electron chi connectivity index (χ3n) is 5.47. The standard InChI is InChI=1S/C20H21ClF2N4O/c1-13(28)15-4-6-26(7-5-15)17-8-19(21)24-11-16(17)3-2-14-10-25-27(12-14)18-9-20(18,22)23/h8,10-13,15,18,28H,4-7,9H2,1H3. The van der Waals surface area contributed by atoms with E-state index >= 15 is 0 Å². The van der Waals surface area contributed by atoms with Gasteiger partial charge in [-0.15, -0.1) is 0 Å². The van der Waals surface area contributed by atoms with Crippen LogP contribution in [0.25, 0.3) is 0 Å². The van der Waals surface area contributed by atoms with Gasteiger partial charge in [0, 0.05) is 38.0 Å². The zero-order chi connectivity index (χ0) is 19.9. The van der Waals surface area contributed by atoms with E-state index in [1.807, 2.05) is 6.92 Å². The molecule has 28 heavy (non-hydrogen) atoms. The molecular weight excluding hydrogens is 386 g/mol. The lowest BCUT2D eigenvalue weighted by Crippen LogP contribution is -2.37. The van der Waals surface area contributed by atoms with Crippen molar-refractivity contribution >= 4 is 17.3 Å². The van der Waals surface area contributed by atoms with Crippen molar-refractivity contribution in [2.24, 2.45) is 5.92 Å². The number of hydrogen-bond donors (Lipinski definition) is 1. The van der Waals surface area contributed by atoms with E-state index in [0.29, 0.717) is 16.6 Å². The normalized spacial score (nSPS) is 22.5. The molecule has 4 rings (SSSR count). The SMILES string of the molecule is CC(O)C1CCN(c2cc(Cl)ncc2C#Cc2cnn(C3CC3(F)F)c2)CC1. The Balaban J connectivity index is 1.53. The van der Waals surface area contributed by atoms with Crippen LogP contribution in [-0.4, -0.2) is 45.0 Å². The van der Waals surface area contributed by atoms with Crippen LogP contribution < -0.4 is 4.90 Å². The minimum atomic E-state index is -2.66. The number of aromatic nitrogens is 3. The molecule has 0 aromatic carbocycles. The average Bonchev–Trinajstić information content (AvgIpc) is 3.08. The molecule has 1 saturated heterocycles. The summed E-state index contributed by atoms with van der Waals surface area (Å²) in [5, 5.41) is 14.2. The molecule has 0 amide bonds. The van der Waals surface area contributed by atoms with Gasteiger partial charge in [-0.25, -0.2) is 13.8 Å². The molecule has 2 aromatic rings. The topological polar surface area (TPSA) is 54.2 Å². The summed E-state index contributed by atoms with van der Waals surface area (Å²) in [6, 6.07) is 0.939. The van der Waals surface area contributed by atoms with Crippen molar-refractivity contribution in [2.75, 3.05) is 18.0 Å². The maximum absolute atomic E-state index is 13.2. The lowest BCUT2D eigenvalue weighted by Gasteiger charge is -2.35. The highest BCUT2D eigenvalue weighted by molar-refractivity contribution is 6.29. The molecule has 0 radical (unpaired) electrons. The molecule has 2 fully saturated rings. The maximum Gasteiger partial charge on any atom is 0.272 e. The highest BCUT2D eigenvalue weighted by atomic mass is 35.5. The highest BCUT2D eigenvalue weighted by Crippen LogP contribution is 2.52. The number of halogens is 3. The van der Waals surface area contributed by atoms with Gasteiger partial charge in [0.15, 0.2) is 0 Å². The number of nitrogens with zero attached hydrogens (tertiary/aromatic N) is 4. The van der Waals surface area contributed by atoms with Crippen molar-refractivity contribution in [1.82, 2.24) is 14.8 Å². The van der Waals surface area contributed by atoms with Gasteiger partial charge in [-0.05, 0) is 25.7 Å². The number of alkyl halides is 2. The van der Waals surface area contributed by atoms with Gasteiger partial charge in [-0.2, -0.15) is 5.10 Å². The van der Waals surface area contributed by atoms with Crippen LogP contribution in [0.15, 0.2) is 24.7 Å². The quantitative estimate of drug-likeness (QED) is 0.626. The Kier molecular flexibility index (Phi) is 5.02. The second-order valence-corrected chi connectivity index (χ2v) is 7.92. The predicted octanol–water partition coefficient (Wildman–Crippen LogP) is 3.51. The van der Waals surface area contributed by atoms with E-state index in [9.17, 15) is 13.9 Å². The van der Waals surface area contributed by atoms with Gasteiger partial charge in [0.1, 0.15) is 11.2 Å². The Bertz CT molecular complexity index is 926. The minimum absolute atomic E-state index is 0.171. The van der Waals surface area contributed by atoms with Crippen LogP contribution in [0.1, 0.15) is 43.4 Å². The Morgan fingerprint density at radius 2 is 2.00 bits per heavy atom. The first-order valence-electron chi connectivity index (χ1n) is 9.36. The molecular formula is C20H21ClF2N4O. The molecule has 148 valence electrons. The molecule has 1 saturated carbocycles. The summed E-state index contributed by atoms with van der Waals surface area (Å²) in [5.74, 6) is 3.70. The molecule has 0 bridgehead atoms. The molecule has 2 atom stereocenters. The fourth-order valence-corrected chi connectivity index (χ4v) is 3.75. The van der Waals surface area contributed by atoms with Crippen molar-refractivity contribution in [2.45, 2.75) is 44.3 Å². The van der Waals surface area contributed by atoms with Crippen LogP contribution >= 0.6 is 11.6 Å². The monoisotopic (exact) mass is 406 g/mol. The molecule has 1 aliphatic carbocycles. The first-order chi connectivity index (χ1) is 13.3. The van der Waals surface area contributed by atoms with E-state index in [1.165, 1.54) is 10.9 Å². The lowest BCUT2D eigenvalue weighted by atomic mass is 9.92. The number of rotatable bonds is 3. The first kappa shape index (κ1) is 19.2. The molecule has 5 nitrogen and oxygen atoms in total. The van der Waals surface area contributed by atoms with Gasteiger partial charge in [0.2, 0.25) is 0 Å². The smallest absolute Gasteiger partial charge is 0.272 e. The summed E-state index contributed by atoms with van der Waals surface area (Å²) in [6.07, 6.45) is 5.99. The maximum atomic E-state index is 13.2. The van der Waals surface area contributed by atoms with Crippen LogP contribution in [0.3, 0.4) is 0 Å². The van der Waals surface area contributed by atoms with Crippen molar-refractivity contribution in [3.05, 3.63) is 40.9 Å². The molecule has 0 spiro atoms. The first-order valence-corrected chi connectivity index (χ1v) is 9.74. The summed E-state index contributed by atoms with van der Waals surface area (Å²) in [7, 11) is 0. The van der Waals surface area contributed by atoms with E-state index in [4.69, 9.17) is 11.6 Å². The molecule has 2 unspecified atom stereocenters. The minimum Gasteiger partial charge on any atom is -0.393 e. The summed E-state index contributed by atoms with van der Waals surface area (Å²) in [5.41, 5.74) is 2.21. The molecule has 3 heterocycles. The van der Waals surface area contributed by atoms with Gasteiger partial charge < -0.3 is 10.0 Å². The van der Waals surface area contributed by atoms with E-state index < -0.39 is 12.0 Å². The Hall–Kier alpha value is -2.17. The van der Waals surface area contributed by atoms with E-state index in [-0.39, 0.29) is 12.5 Å². The number of aliphatic hydroxyl groups is 1. The Labute approximate surface area is 167 Å². The number of hydrogen-bond acceptors (Lipinski definition) is 4. The van der Waals surface area contributed by atoms with Gasteiger partial charge in [-0.3, -0.25) is 4.68 Å². The van der Waals surface area contributed by atoms with Crippen LogP contribution in [-0.2, 0) is 0 Å². The number of piperidine rings is 1. The summed E-state index contributed by atoms with van der Waals surface area (Å²) in [6.45, 7) is 3.44. The highest BCUT2D eigenvalue weighted by Gasteiger charge is 2.59. The third kappa shape index (κ3) is 3.98. The summed E-state index contributed by atoms with van der Waals surface area (Å²) >= 11 is 6.09. The molecule has 1 aliphatic heterocycles. The van der Waals surface area contributed by atoms with Gasteiger partial charge in [0.25, 0.3) is 5.92 Å². The Morgan fingerprint density at radius 1 is 1.29 bits per heavy atom. The van der Waals surface area contributed by atoms with Crippen LogP contribution in [0.5, 0.6) is 0 Å². The van der Waals surface area contributed by atoms with Crippen molar-refractivity contribution < 1.29 is 13.9 Å². The van der Waals surface area contributed by atoms with Crippen molar-refractivity contribution in [3.8, 4) is 11.8 Å². The van der Waals surface area contributed by atoms with Gasteiger partial charge in [-0.1, -0.05) is 23.4 Å². The van der Waals surface area contributed by atoms with Gasteiger partial charge >= 0.3 is 0 Å².